The van der Waals surface area contributed by atoms with E-state index in [9.17, 15) is 0 Å². The second kappa shape index (κ2) is 26.4. The number of nitrogens with zero attached hydrogens (tertiary/aromatic N) is 2. The molecule has 0 atom stereocenters. The maximum atomic E-state index is 6.68. The van der Waals surface area contributed by atoms with Crippen LogP contribution in [0.1, 0.15) is 216 Å². The van der Waals surface area contributed by atoms with Crippen LogP contribution in [0, 0.1) is 0 Å². The molecule has 0 spiro atoms. The zero-order valence-electron chi connectivity index (χ0n) is 38.0. The minimum absolute atomic E-state index is 0.913. The number of benzene rings is 2. The predicted molar refractivity (Wildman–Crippen MR) is 252 cm³/mol. The number of aryl methyl sites for hydroxylation is 2. The van der Waals surface area contributed by atoms with Crippen molar-refractivity contribution in [3.8, 4) is 23.0 Å². The number of para-hydroxylation sites is 2. The average Bonchev–Trinajstić information content (AvgIpc) is 3.27. The molecule has 4 nitrogen and oxygen atoms in total. The lowest BCUT2D eigenvalue weighted by Gasteiger charge is -2.28. The van der Waals surface area contributed by atoms with Gasteiger partial charge in [-0.1, -0.05) is 204 Å². The van der Waals surface area contributed by atoms with Crippen molar-refractivity contribution in [2.24, 2.45) is 0 Å². The van der Waals surface area contributed by atoms with Gasteiger partial charge in [0.1, 0.15) is 24.6 Å². The Morgan fingerprint density at radius 3 is 0.933 bits per heavy atom. The van der Waals surface area contributed by atoms with Gasteiger partial charge in [-0.2, -0.15) is 0 Å². The highest BCUT2D eigenvalue weighted by molar-refractivity contribution is 6.09. The maximum Gasteiger partial charge on any atom is 0.212 e. The van der Waals surface area contributed by atoms with E-state index >= 15 is 0 Å². The summed E-state index contributed by atoms with van der Waals surface area (Å²) in [5.41, 5.74) is 6.98. The Morgan fingerprint density at radius 1 is 0.317 bits per heavy atom. The van der Waals surface area contributed by atoms with Gasteiger partial charge in [-0.15, -0.1) is 0 Å². The molecule has 0 unspecified atom stereocenters. The first-order chi connectivity index (χ1) is 29.8. The first kappa shape index (κ1) is 45.6. The molecule has 0 saturated heterocycles. The number of rotatable bonds is 30. The number of aromatic nitrogens is 2. The minimum atomic E-state index is 0.913. The standard InChI is InChI=1S/C56H80N2O2/c1-3-5-7-9-11-13-15-17-19-21-23-25-27-33-41-57-43-39-49-53(45-57)59-51-37-31-29-35-47(51)55(49)56-48-36-30-32-38-52(48)60-54-46-58(44-40-50(54)56)42-34-28-26-24-22-20-18-16-14-12-10-8-6-4-2/h29-32,35-40,43-46H,3-28,33-34,41-42H2,1-2H3/q+2/b56-55-. The minimum Gasteiger partial charge on any atom is -0.450 e. The van der Waals surface area contributed by atoms with Crippen molar-refractivity contribution in [2.45, 2.75) is 207 Å². The summed E-state index contributed by atoms with van der Waals surface area (Å²) in [7, 11) is 0. The maximum absolute atomic E-state index is 6.68. The molecule has 4 aromatic rings. The molecule has 0 N–H and O–H groups in total. The molecule has 324 valence electrons. The van der Waals surface area contributed by atoms with Crippen molar-refractivity contribution in [1.82, 2.24) is 0 Å². The van der Waals surface area contributed by atoms with E-state index in [1.54, 1.807) is 0 Å². The normalized spacial score (nSPS) is 13.9. The van der Waals surface area contributed by atoms with Crippen molar-refractivity contribution in [3.63, 3.8) is 0 Å². The molecule has 2 aromatic heterocycles. The monoisotopic (exact) mass is 813 g/mol. The molecule has 6 rings (SSSR count). The SMILES string of the molecule is CCCCCCCCCCCCCCCC[n+]1ccc2c(c1)Oc1ccccc1/C2=C1\c2ccccc2Oc2c[n+](CCCCCCCCCCCCCCCC)ccc21. The van der Waals surface area contributed by atoms with Crippen LogP contribution >= 0.6 is 0 Å². The lowest BCUT2D eigenvalue weighted by atomic mass is 9.83. The lowest BCUT2D eigenvalue weighted by Crippen LogP contribution is -2.33. The zero-order valence-corrected chi connectivity index (χ0v) is 38.0. The van der Waals surface area contributed by atoms with Gasteiger partial charge in [0.05, 0.1) is 0 Å². The number of hydrogen-bond acceptors (Lipinski definition) is 2. The van der Waals surface area contributed by atoms with Gasteiger partial charge in [-0.05, 0) is 25.0 Å². The largest absolute Gasteiger partial charge is 0.450 e. The van der Waals surface area contributed by atoms with Crippen molar-refractivity contribution in [2.75, 3.05) is 0 Å². The molecule has 2 aliphatic heterocycles. The van der Waals surface area contributed by atoms with E-state index in [1.807, 2.05) is 0 Å². The van der Waals surface area contributed by atoms with Crippen molar-refractivity contribution >= 4 is 11.1 Å². The summed E-state index contributed by atoms with van der Waals surface area (Å²) >= 11 is 0. The number of hydrogen-bond donors (Lipinski definition) is 0. The summed E-state index contributed by atoms with van der Waals surface area (Å²) in [6.07, 6.45) is 47.7. The van der Waals surface area contributed by atoms with E-state index in [-0.39, 0.29) is 0 Å². The third kappa shape index (κ3) is 14.1. The van der Waals surface area contributed by atoms with Crippen LogP contribution in [-0.4, -0.2) is 0 Å². The van der Waals surface area contributed by atoms with E-state index in [0.717, 1.165) is 58.3 Å². The lowest BCUT2D eigenvalue weighted by molar-refractivity contribution is -0.697. The Kier molecular flexibility index (Phi) is 20.1. The van der Waals surface area contributed by atoms with Crippen molar-refractivity contribution in [1.29, 1.82) is 0 Å². The molecular weight excluding hydrogens is 733 g/mol. The molecule has 4 heterocycles. The van der Waals surface area contributed by atoms with Crippen LogP contribution in [0.25, 0.3) is 11.1 Å². The molecule has 0 radical (unpaired) electrons. The van der Waals surface area contributed by atoms with Crippen LogP contribution in [0.4, 0.5) is 0 Å². The third-order valence-electron chi connectivity index (χ3n) is 13.0. The molecule has 0 saturated carbocycles. The van der Waals surface area contributed by atoms with Gasteiger partial charge in [0.2, 0.25) is 12.4 Å². The first-order valence-electron chi connectivity index (χ1n) is 25.1. The molecule has 60 heavy (non-hydrogen) atoms. The zero-order chi connectivity index (χ0) is 41.5. The summed E-state index contributed by atoms with van der Waals surface area (Å²) < 4.78 is 18.0. The van der Waals surface area contributed by atoms with Crippen LogP contribution in [0.15, 0.2) is 85.5 Å². The summed E-state index contributed by atoms with van der Waals surface area (Å²) in [5.74, 6) is 3.68. The highest BCUT2D eigenvalue weighted by atomic mass is 16.5. The first-order valence-corrected chi connectivity index (χ1v) is 25.1. The van der Waals surface area contributed by atoms with E-state index in [2.05, 4.69) is 108 Å². The number of unbranched alkanes of at least 4 members (excludes halogenated alkanes) is 26. The fourth-order valence-corrected chi connectivity index (χ4v) is 9.45. The molecule has 2 aromatic carbocycles. The quantitative estimate of drug-likeness (QED) is 0.0334. The van der Waals surface area contributed by atoms with Crippen LogP contribution in [0.3, 0.4) is 0 Å². The van der Waals surface area contributed by atoms with Gasteiger partial charge in [0.15, 0.2) is 23.9 Å². The Bertz CT molecular complexity index is 1740. The molecule has 0 aliphatic carbocycles. The fourth-order valence-electron chi connectivity index (χ4n) is 9.45. The fraction of sp³-hybridized carbons (Fsp3) is 0.571. The highest BCUT2D eigenvalue weighted by Gasteiger charge is 2.33. The molecule has 2 aliphatic rings. The third-order valence-corrected chi connectivity index (χ3v) is 13.0. The van der Waals surface area contributed by atoms with Crippen LogP contribution in [0.5, 0.6) is 23.0 Å². The molecule has 0 amide bonds. The van der Waals surface area contributed by atoms with Gasteiger partial charge in [-0.3, -0.25) is 0 Å². The second-order valence-corrected chi connectivity index (χ2v) is 18.1. The Balaban J connectivity index is 1.03. The molecule has 0 fully saturated rings. The van der Waals surface area contributed by atoms with Crippen LogP contribution in [-0.2, 0) is 13.1 Å². The average molecular weight is 813 g/mol. The summed E-state index contributed by atoms with van der Waals surface area (Å²) in [4.78, 5) is 0. The van der Waals surface area contributed by atoms with Crippen molar-refractivity contribution < 1.29 is 18.6 Å². The second-order valence-electron chi connectivity index (χ2n) is 18.1. The Hall–Kier alpha value is -3.92. The Labute approximate surface area is 365 Å². The smallest absolute Gasteiger partial charge is 0.212 e. The summed E-state index contributed by atoms with van der Waals surface area (Å²) in [6, 6.07) is 21.7. The molecule has 4 heteroatoms. The summed E-state index contributed by atoms with van der Waals surface area (Å²) in [6.45, 7) is 6.63. The molecule has 0 bridgehead atoms. The van der Waals surface area contributed by atoms with Gasteiger partial charge >= 0.3 is 0 Å². The van der Waals surface area contributed by atoms with Gasteiger partial charge in [0, 0.05) is 58.4 Å². The van der Waals surface area contributed by atoms with Gasteiger partial charge in [-0.25, -0.2) is 9.13 Å². The number of pyridine rings is 2. The van der Waals surface area contributed by atoms with E-state index in [0.29, 0.717) is 0 Å². The topological polar surface area (TPSA) is 26.2 Å². The summed E-state index contributed by atoms with van der Waals surface area (Å²) in [5, 5.41) is 0. The number of ether oxygens (including phenoxy) is 2. The number of fused-ring (bicyclic) bond motifs is 4. The van der Waals surface area contributed by atoms with Crippen molar-refractivity contribution in [3.05, 3.63) is 108 Å². The van der Waals surface area contributed by atoms with E-state index in [4.69, 9.17) is 9.47 Å². The van der Waals surface area contributed by atoms with Gasteiger partial charge < -0.3 is 9.47 Å². The van der Waals surface area contributed by atoms with Crippen LogP contribution < -0.4 is 18.6 Å². The highest BCUT2D eigenvalue weighted by Crippen LogP contribution is 2.52. The predicted octanol–water partition coefficient (Wildman–Crippen LogP) is 16.4. The van der Waals surface area contributed by atoms with Crippen LogP contribution in [0.2, 0.25) is 0 Å². The molecular formula is C56H80N2O2+2. The van der Waals surface area contributed by atoms with Gasteiger partial charge in [0.25, 0.3) is 0 Å². The van der Waals surface area contributed by atoms with E-state index < -0.39 is 0 Å². The van der Waals surface area contributed by atoms with E-state index in [1.165, 1.54) is 191 Å². The Morgan fingerprint density at radius 2 is 0.600 bits per heavy atom.